The zero-order valence-electron chi connectivity index (χ0n) is 15.5. The summed E-state index contributed by atoms with van der Waals surface area (Å²) in [4.78, 5) is 0. The van der Waals surface area contributed by atoms with E-state index in [-0.39, 0.29) is 19.0 Å². The summed E-state index contributed by atoms with van der Waals surface area (Å²) in [5, 5.41) is 9.91. The standard InChI is InChI=1S/C21H28ClNO2.ClH/c1-3-6-16-7-4-9-18(13-16)25-19-11-10-17(20(22)14-19)8-5-12-21(2,23)15-24;/h4,7,9-11,13-14,24H,3,5-6,8,12,15,23H2,1-2H3;1H/t21-;/m1./s1. The van der Waals surface area contributed by atoms with Gasteiger partial charge in [0.1, 0.15) is 11.5 Å². The summed E-state index contributed by atoms with van der Waals surface area (Å²) in [7, 11) is 0. The van der Waals surface area contributed by atoms with Crippen LogP contribution in [0.3, 0.4) is 0 Å². The third kappa shape index (κ3) is 7.16. The second-order valence-electron chi connectivity index (χ2n) is 6.92. The molecule has 0 fully saturated rings. The van der Waals surface area contributed by atoms with Gasteiger partial charge < -0.3 is 15.6 Å². The molecule has 0 aliphatic rings. The zero-order valence-corrected chi connectivity index (χ0v) is 17.1. The van der Waals surface area contributed by atoms with E-state index in [1.54, 1.807) is 0 Å². The number of hydrogen-bond acceptors (Lipinski definition) is 3. The minimum absolute atomic E-state index is 0. The van der Waals surface area contributed by atoms with Gasteiger partial charge in [-0.3, -0.25) is 0 Å². The first kappa shape index (κ1) is 22.8. The lowest BCUT2D eigenvalue weighted by molar-refractivity contribution is 0.198. The van der Waals surface area contributed by atoms with Crippen LogP contribution in [-0.4, -0.2) is 17.3 Å². The highest BCUT2D eigenvalue weighted by Crippen LogP contribution is 2.28. The molecule has 26 heavy (non-hydrogen) atoms. The Morgan fingerprint density at radius 2 is 1.85 bits per heavy atom. The van der Waals surface area contributed by atoms with E-state index in [4.69, 9.17) is 22.1 Å². The molecule has 0 aliphatic heterocycles. The van der Waals surface area contributed by atoms with Crippen molar-refractivity contribution in [3.8, 4) is 11.5 Å². The fourth-order valence-electron chi connectivity index (χ4n) is 2.75. The normalized spacial score (nSPS) is 13.0. The quantitative estimate of drug-likeness (QED) is 0.583. The molecule has 0 saturated heterocycles. The van der Waals surface area contributed by atoms with Crippen LogP contribution in [0.15, 0.2) is 42.5 Å². The molecule has 3 N–H and O–H groups in total. The van der Waals surface area contributed by atoms with Crippen LogP contribution in [0.2, 0.25) is 5.02 Å². The molecule has 0 aromatic heterocycles. The van der Waals surface area contributed by atoms with Crippen molar-refractivity contribution in [1.29, 1.82) is 0 Å². The number of aliphatic hydroxyl groups is 1. The molecule has 0 radical (unpaired) electrons. The fourth-order valence-corrected chi connectivity index (χ4v) is 3.01. The Kier molecular flexibility index (Phi) is 9.45. The lowest BCUT2D eigenvalue weighted by Gasteiger charge is -2.21. The van der Waals surface area contributed by atoms with E-state index in [1.807, 2.05) is 37.3 Å². The van der Waals surface area contributed by atoms with Crippen LogP contribution in [0, 0.1) is 0 Å². The SMILES string of the molecule is CCCc1cccc(Oc2ccc(CCC[C@@](C)(N)CO)c(Cl)c2)c1.Cl. The second kappa shape index (κ2) is 10.8. The molecule has 1 atom stereocenters. The van der Waals surface area contributed by atoms with Crippen molar-refractivity contribution in [2.24, 2.45) is 5.73 Å². The predicted octanol–water partition coefficient (Wildman–Crippen LogP) is 5.54. The molecule has 0 bridgehead atoms. The molecule has 0 aliphatic carbocycles. The smallest absolute Gasteiger partial charge is 0.128 e. The monoisotopic (exact) mass is 397 g/mol. The van der Waals surface area contributed by atoms with Crippen molar-refractivity contribution in [1.82, 2.24) is 0 Å². The summed E-state index contributed by atoms with van der Waals surface area (Å²) >= 11 is 6.40. The van der Waals surface area contributed by atoms with Gasteiger partial charge in [-0.15, -0.1) is 12.4 Å². The van der Waals surface area contributed by atoms with Crippen LogP contribution in [0.5, 0.6) is 11.5 Å². The number of rotatable bonds is 9. The Morgan fingerprint density at radius 1 is 1.12 bits per heavy atom. The summed E-state index contributed by atoms with van der Waals surface area (Å²) in [6, 6.07) is 14.0. The van der Waals surface area contributed by atoms with Crippen LogP contribution in [-0.2, 0) is 12.8 Å². The molecule has 2 rings (SSSR count). The zero-order chi connectivity index (χ0) is 18.3. The topological polar surface area (TPSA) is 55.5 Å². The molecule has 144 valence electrons. The maximum Gasteiger partial charge on any atom is 0.128 e. The molecule has 0 unspecified atom stereocenters. The van der Waals surface area contributed by atoms with Crippen LogP contribution >= 0.6 is 24.0 Å². The Bertz CT molecular complexity index is 689. The van der Waals surface area contributed by atoms with Gasteiger partial charge in [0.05, 0.1) is 6.61 Å². The van der Waals surface area contributed by atoms with Crippen LogP contribution in [0.4, 0.5) is 0 Å². The van der Waals surface area contributed by atoms with Crippen LogP contribution in [0.25, 0.3) is 0 Å². The summed E-state index contributed by atoms with van der Waals surface area (Å²) in [5.74, 6) is 1.57. The third-order valence-electron chi connectivity index (χ3n) is 4.25. The molecule has 0 saturated carbocycles. The molecule has 2 aromatic rings. The van der Waals surface area contributed by atoms with E-state index in [9.17, 15) is 5.11 Å². The first-order valence-corrected chi connectivity index (χ1v) is 9.26. The van der Waals surface area contributed by atoms with E-state index in [1.165, 1.54) is 5.56 Å². The molecule has 0 spiro atoms. The second-order valence-corrected chi connectivity index (χ2v) is 7.33. The average Bonchev–Trinajstić information content (AvgIpc) is 2.57. The number of nitrogens with two attached hydrogens (primary N) is 1. The number of ether oxygens (including phenoxy) is 1. The van der Waals surface area contributed by atoms with Gasteiger partial charge in [0, 0.05) is 10.6 Å². The maximum absolute atomic E-state index is 9.21. The van der Waals surface area contributed by atoms with Gasteiger partial charge >= 0.3 is 0 Å². The highest BCUT2D eigenvalue weighted by molar-refractivity contribution is 6.31. The van der Waals surface area contributed by atoms with Gasteiger partial charge in [0.15, 0.2) is 0 Å². The van der Waals surface area contributed by atoms with Gasteiger partial charge in [-0.05, 0) is 68.0 Å². The fraction of sp³-hybridized carbons (Fsp3) is 0.429. The molecular formula is C21H29Cl2NO2. The molecular weight excluding hydrogens is 369 g/mol. The van der Waals surface area contributed by atoms with Gasteiger partial charge in [-0.2, -0.15) is 0 Å². The predicted molar refractivity (Wildman–Crippen MR) is 112 cm³/mol. The molecule has 5 heteroatoms. The highest BCUT2D eigenvalue weighted by atomic mass is 35.5. The first-order valence-electron chi connectivity index (χ1n) is 8.88. The minimum atomic E-state index is -0.529. The van der Waals surface area contributed by atoms with Crippen molar-refractivity contribution in [3.05, 3.63) is 58.6 Å². The summed E-state index contributed by atoms with van der Waals surface area (Å²) < 4.78 is 5.94. The Balaban J connectivity index is 0.00000338. The van der Waals surface area contributed by atoms with Gasteiger partial charge in [-0.1, -0.05) is 43.1 Å². The average molecular weight is 398 g/mol. The summed E-state index contributed by atoms with van der Waals surface area (Å²) in [6.45, 7) is 4.02. The van der Waals surface area contributed by atoms with Crippen LogP contribution in [0.1, 0.15) is 44.2 Å². The lowest BCUT2D eigenvalue weighted by Crippen LogP contribution is -2.40. The minimum Gasteiger partial charge on any atom is -0.457 e. The van der Waals surface area contributed by atoms with Crippen molar-refractivity contribution in [3.63, 3.8) is 0 Å². The summed E-state index contributed by atoms with van der Waals surface area (Å²) in [6.07, 6.45) is 4.62. The van der Waals surface area contributed by atoms with Gasteiger partial charge in [0.25, 0.3) is 0 Å². The summed E-state index contributed by atoms with van der Waals surface area (Å²) in [5.41, 5.74) is 7.78. The van der Waals surface area contributed by atoms with Gasteiger partial charge in [0.2, 0.25) is 0 Å². The number of aryl methyl sites for hydroxylation is 2. The largest absolute Gasteiger partial charge is 0.457 e. The highest BCUT2D eigenvalue weighted by Gasteiger charge is 2.16. The van der Waals surface area contributed by atoms with Gasteiger partial charge in [-0.25, -0.2) is 0 Å². The first-order chi connectivity index (χ1) is 11.9. The van der Waals surface area contributed by atoms with E-state index >= 15 is 0 Å². The van der Waals surface area contributed by atoms with Crippen molar-refractivity contribution < 1.29 is 9.84 Å². The maximum atomic E-state index is 9.21. The van der Waals surface area contributed by atoms with E-state index in [0.29, 0.717) is 5.02 Å². The number of benzene rings is 2. The van der Waals surface area contributed by atoms with E-state index in [0.717, 1.165) is 49.2 Å². The van der Waals surface area contributed by atoms with Crippen molar-refractivity contribution in [2.75, 3.05) is 6.61 Å². The third-order valence-corrected chi connectivity index (χ3v) is 4.60. The number of hydrogen-bond donors (Lipinski definition) is 2. The number of aliphatic hydroxyl groups excluding tert-OH is 1. The lowest BCUT2D eigenvalue weighted by atomic mass is 9.95. The molecule has 3 nitrogen and oxygen atoms in total. The Labute approximate surface area is 167 Å². The van der Waals surface area contributed by atoms with Crippen molar-refractivity contribution >= 4 is 24.0 Å². The molecule has 0 heterocycles. The van der Waals surface area contributed by atoms with E-state index < -0.39 is 5.54 Å². The van der Waals surface area contributed by atoms with Crippen molar-refractivity contribution in [2.45, 2.75) is 51.5 Å². The van der Waals surface area contributed by atoms with E-state index in [2.05, 4.69) is 19.1 Å². The Morgan fingerprint density at radius 3 is 2.50 bits per heavy atom. The molecule has 0 amide bonds. The molecule has 2 aromatic carbocycles. The van der Waals surface area contributed by atoms with Crippen LogP contribution < -0.4 is 10.5 Å². The number of halogens is 2. The Hall–Kier alpha value is -1.26.